The van der Waals surface area contributed by atoms with Crippen molar-refractivity contribution in [2.24, 2.45) is 5.73 Å². The lowest BCUT2D eigenvalue weighted by Crippen LogP contribution is -2.46. The molecule has 0 heterocycles. The summed E-state index contributed by atoms with van der Waals surface area (Å²) in [5.74, 6) is -0.371. The molecule has 1 aliphatic carbocycles. The van der Waals surface area contributed by atoms with Crippen molar-refractivity contribution < 1.29 is 14.0 Å². The first kappa shape index (κ1) is 11.4. The number of hydrogen-bond acceptors (Lipinski definition) is 2. The summed E-state index contributed by atoms with van der Waals surface area (Å²) in [6, 6.07) is 4.59. The highest BCUT2D eigenvalue weighted by molar-refractivity contribution is 5.93. The van der Waals surface area contributed by atoms with Crippen molar-refractivity contribution in [2.75, 3.05) is 0 Å². The van der Waals surface area contributed by atoms with E-state index >= 15 is 0 Å². The van der Waals surface area contributed by atoms with Crippen LogP contribution in [0, 0.1) is 5.82 Å². The molecule has 0 unspecified atom stereocenters. The van der Waals surface area contributed by atoms with Gasteiger partial charge in [-0.1, -0.05) is 18.2 Å². The molecule has 0 atom stereocenters. The fourth-order valence-corrected chi connectivity index (χ4v) is 1.80. The molecule has 0 radical (unpaired) electrons. The van der Waals surface area contributed by atoms with Crippen LogP contribution in [0.1, 0.15) is 18.4 Å². The molecule has 4 N–H and O–H groups in total. The number of nitrogens with one attached hydrogen (secondary N) is 2. The van der Waals surface area contributed by atoms with Gasteiger partial charge in [0.1, 0.15) is 5.82 Å². The van der Waals surface area contributed by atoms with Crippen LogP contribution in [0.3, 0.4) is 0 Å². The number of nitrogens with two attached hydrogens (primary N) is 1. The fourth-order valence-electron chi connectivity index (χ4n) is 1.80. The Labute approximate surface area is 97.2 Å². The number of hydrogen-bond donors (Lipinski definition) is 3. The molecule has 1 fully saturated rings. The quantitative estimate of drug-likeness (QED) is 0.721. The van der Waals surface area contributed by atoms with Crippen LogP contribution >= 0.6 is 0 Å². The summed E-state index contributed by atoms with van der Waals surface area (Å²) >= 11 is 0. The molecule has 5 nitrogen and oxygen atoms in total. The Hall–Kier alpha value is -2.11. The maximum atomic E-state index is 13.6. The predicted molar refractivity (Wildman–Crippen MR) is 58.6 cm³/mol. The minimum absolute atomic E-state index is 0.371. The number of rotatable bonds is 2. The molecular formula is C11H12FN3O2. The van der Waals surface area contributed by atoms with Gasteiger partial charge in [0.2, 0.25) is 0 Å². The molecule has 1 aliphatic rings. The van der Waals surface area contributed by atoms with Crippen molar-refractivity contribution in [1.29, 1.82) is 0 Å². The minimum Gasteiger partial charge on any atom is -0.351 e. The number of benzene rings is 1. The molecule has 6 heteroatoms. The summed E-state index contributed by atoms with van der Waals surface area (Å²) in [6.45, 7) is 0. The molecule has 17 heavy (non-hydrogen) atoms. The molecule has 2 rings (SSSR count). The van der Waals surface area contributed by atoms with E-state index in [1.165, 1.54) is 6.07 Å². The summed E-state index contributed by atoms with van der Waals surface area (Å²) in [4.78, 5) is 21.8. The summed E-state index contributed by atoms with van der Waals surface area (Å²) in [5, 5.41) is 4.46. The largest absolute Gasteiger partial charge is 0.351 e. The van der Waals surface area contributed by atoms with E-state index in [9.17, 15) is 14.0 Å². The second-order valence-electron chi connectivity index (χ2n) is 4.01. The number of halogens is 1. The SMILES string of the molecule is NC(=O)NC(=O)NC1(c2ccccc2F)CC1. The third-order valence-electron chi connectivity index (χ3n) is 2.73. The van der Waals surface area contributed by atoms with Gasteiger partial charge in [-0.05, 0) is 18.9 Å². The van der Waals surface area contributed by atoms with Crippen molar-refractivity contribution in [2.45, 2.75) is 18.4 Å². The second kappa shape index (κ2) is 4.04. The highest BCUT2D eigenvalue weighted by Crippen LogP contribution is 2.46. The predicted octanol–water partition coefficient (Wildman–Crippen LogP) is 1.19. The molecule has 0 spiro atoms. The first-order valence-electron chi connectivity index (χ1n) is 5.17. The van der Waals surface area contributed by atoms with Gasteiger partial charge in [-0.2, -0.15) is 0 Å². The van der Waals surface area contributed by atoms with Crippen LogP contribution in [0.4, 0.5) is 14.0 Å². The van der Waals surface area contributed by atoms with Crippen molar-refractivity contribution in [3.63, 3.8) is 0 Å². The Morgan fingerprint density at radius 3 is 2.47 bits per heavy atom. The molecule has 1 aromatic carbocycles. The van der Waals surface area contributed by atoms with Gasteiger partial charge in [0, 0.05) is 5.56 Å². The van der Waals surface area contributed by atoms with Gasteiger partial charge >= 0.3 is 12.1 Å². The Morgan fingerprint density at radius 2 is 1.94 bits per heavy atom. The monoisotopic (exact) mass is 237 g/mol. The lowest BCUT2D eigenvalue weighted by Gasteiger charge is -2.18. The van der Waals surface area contributed by atoms with E-state index in [1.807, 2.05) is 5.32 Å². The maximum Gasteiger partial charge on any atom is 0.323 e. The third-order valence-corrected chi connectivity index (χ3v) is 2.73. The normalized spacial score (nSPS) is 16.1. The summed E-state index contributed by atoms with van der Waals surface area (Å²) in [5.41, 5.74) is 4.54. The average Bonchev–Trinajstić information content (AvgIpc) is 2.97. The molecule has 0 aromatic heterocycles. The second-order valence-corrected chi connectivity index (χ2v) is 4.01. The van der Waals surface area contributed by atoms with E-state index in [0.717, 1.165) is 0 Å². The topological polar surface area (TPSA) is 84.2 Å². The van der Waals surface area contributed by atoms with Gasteiger partial charge in [-0.15, -0.1) is 0 Å². The summed E-state index contributed by atoms with van der Waals surface area (Å²) in [6.07, 6.45) is 1.28. The van der Waals surface area contributed by atoms with Crippen LogP contribution < -0.4 is 16.4 Å². The van der Waals surface area contributed by atoms with Crippen LogP contribution in [0.5, 0.6) is 0 Å². The highest BCUT2D eigenvalue weighted by Gasteiger charge is 2.47. The van der Waals surface area contributed by atoms with Crippen LogP contribution in [0.15, 0.2) is 24.3 Å². The van der Waals surface area contributed by atoms with Crippen molar-refractivity contribution in [3.05, 3.63) is 35.6 Å². The lowest BCUT2D eigenvalue weighted by atomic mass is 10.0. The zero-order chi connectivity index (χ0) is 12.5. The molecule has 90 valence electrons. The Kier molecular flexibility index (Phi) is 2.71. The minimum atomic E-state index is -0.938. The van der Waals surface area contributed by atoms with E-state index in [2.05, 4.69) is 5.32 Å². The molecule has 4 amide bonds. The van der Waals surface area contributed by atoms with Crippen molar-refractivity contribution in [3.8, 4) is 0 Å². The lowest BCUT2D eigenvalue weighted by molar-refractivity contribution is 0.228. The number of imide groups is 1. The van der Waals surface area contributed by atoms with Gasteiger partial charge in [0.15, 0.2) is 0 Å². The van der Waals surface area contributed by atoms with E-state index in [-0.39, 0.29) is 5.82 Å². The third kappa shape index (κ3) is 2.35. The van der Waals surface area contributed by atoms with Crippen molar-refractivity contribution >= 4 is 12.1 Å². The fraction of sp³-hybridized carbons (Fsp3) is 0.273. The Bertz CT molecular complexity index is 472. The smallest absolute Gasteiger partial charge is 0.323 e. The summed E-state index contributed by atoms with van der Waals surface area (Å²) in [7, 11) is 0. The number of primary amides is 1. The van der Waals surface area contributed by atoms with E-state index in [1.54, 1.807) is 18.2 Å². The van der Waals surface area contributed by atoms with Gasteiger partial charge in [0.25, 0.3) is 0 Å². The van der Waals surface area contributed by atoms with Gasteiger partial charge in [-0.25, -0.2) is 14.0 Å². The van der Waals surface area contributed by atoms with Crippen LogP contribution in [0.25, 0.3) is 0 Å². The molecule has 1 saturated carbocycles. The number of urea groups is 2. The van der Waals surface area contributed by atoms with Gasteiger partial charge in [0.05, 0.1) is 5.54 Å². The maximum absolute atomic E-state index is 13.6. The first-order chi connectivity index (χ1) is 8.03. The Morgan fingerprint density at radius 1 is 1.29 bits per heavy atom. The van der Waals surface area contributed by atoms with Crippen molar-refractivity contribution in [1.82, 2.24) is 10.6 Å². The van der Waals surface area contributed by atoms with E-state index in [4.69, 9.17) is 5.73 Å². The van der Waals surface area contributed by atoms with Gasteiger partial charge in [-0.3, -0.25) is 5.32 Å². The molecule has 1 aromatic rings. The summed E-state index contributed by atoms with van der Waals surface area (Å²) < 4.78 is 13.6. The van der Waals surface area contributed by atoms with Crippen LogP contribution in [-0.4, -0.2) is 12.1 Å². The number of amides is 4. The van der Waals surface area contributed by atoms with Gasteiger partial charge < -0.3 is 11.1 Å². The zero-order valence-corrected chi connectivity index (χ0v) is 9.00. The molecular weight excluding hydrogens is 225 g/mol. The Balaban J connectivity index is 2.13. The van der Waals surface area contributed by atoms with Crippen LogP contribution in [-0.2, 0) is 5.54 Å². The number of carbonyl (C=O) groups excluding carboxylic acids is 2. The standard InChI is InChI=1S/C11H12FN3O2/c12-8-4-2-1-3-7(8)11(5-6-11)15-10(17)14-9(13)16/h1-4H,5-6H2,(H4,13,14,15,16,17). The molecule has 0 aliphatic heterocycles. The highest BCUT2D eigenvalue weighted by atomic mass is 19.1. The van der Waals surface area contributed by atoms with E-state index in [0.29, 0.717) is 18.4 Å². The molecule has 0 saturated heterocycles. The number of carbonyl (C=O) groups is 2. The van der Waals surface area contributed by atoms with Crippen LogP contribution in [0.2, 0.25) is 0 Å². The first-order valence-corrected chi connectivity index (χ1v) is 5.17. The molecule has 0 bridgehead atoms. The average molecular weight is 237 g/mol. The zero-order valence-electron chi connectivity index (χ0n) is 9.00. The van der Waals surface area contributed by atoms with E-state index < -0.39 is 17.6 Å².